The first-order valence-corrected chi connectivity index (χ1v) is 9.60. The van der Waals surface area contributed by atoms with Crippen molar-refractivity contribution in [1.82, 2.24) is 0 Å². The van der Waals surface area contributed by atoms with Gasteiger partial charge in [-0.1, -0.05) is 90.9 Å². The average molecular weight is 332 g/mol. The molecule has 2 atom stereocenters. The summed E-state index contributed by atoms with van der Waals surface area (Å²) in [5, 5.41) is 9.76. The Morgan fingerprint density at radius 2 is 1.22 bits per heavy atom. The molecule has 23 heavy (non-hydrogen) atoms. The predicted octanol–water partition coefficient (Wildman–Crippen LogP) is 4.13. The second-order valence-electron chi connectivity index (χ2n) is 6.66. The van der Waals surface area contributed by atoms with Crippen LogP contribution in [0.2, 0.25) is 0 Å². The van der Waals surface area contributed by atoms with Gasteiger partial charge in [-0.25, -0.2) is 0 Å². The summed E-state index contributed by atoms with van der Waals surface area (Å²) in [5.41, 5.74) is 5.35. The van der Waals surface area contributed by atoms with Gasteiger partial charge < -0.3 is 16.3 Å². The Morgan fingerprint density at radius 1 is 0.826 bits per heavy atom. The van der Waals surface area contributed by atoms with Gasteiger partial charge in [0.05, 0.1) is 12.0 Å². The van der Waals surface area contributed by atoms with Crippen molar-refractivity contribution in [2.24, 2.45) is 11.7 Å². The monoisotopic (exact) mass is 331 g/mol. The fraction of sp³-hybridized carbons (Fsp3) is 0.947. The summed E-state index contributed by atoms with van der Waals surface area (Å²) in [5.74, 6) is -0.703. The predicted molar refractivity (Wildman–Crippen MR) is 98.3 cm³/mol. The summed E-state index contributed by atoms with van der Waals surface area (Å²) in [6.07, 6.45) is 16.5. The number of amides is 1. The summed E-state index contributed by atoms with van der Waals surface area (Å²) < 4.78 is 0. The highest BCUT2D eigenvalue weighted by Gasteiger charge is 2.22. The van der Waals surface area contributed by atoms with Gasteiger partial charge in [-0.3, -0.25) is 4.79 Å². The lowest BCUT2D eigenvalue weighted by Gasteiger charge is -2.18. The van der Waals surface area contributed by atoms with Crippen LogP contribution in [0.3, 0.4) is 0 Å². The van der Waals surface area contributed by atoms with Gasteiger partial charge in [0.25, 0.3) is 0 Å². The first kappa shape index (κ1) is 24.6. The molecule has 0 aliphatic carbocycles. The minimum atomic E-state index is -0.565. The van der Waals surface area contributed by atoms with Crippen molar-refractivity contribution in [2.45, 2.75) is 110 Å². The molecule has 5 N–H and O–H groups in total. The normalized spacial score (nSPS) is 13.3. The quantitative estimate of drug-likeness (QED) is 0.416. The summed E-state index contributed by atoms with van der Waals surface area (Å²) in [6.45, 7) is 4.15. The van der Waals surface area contributed by atoms with E-state index in [2.05, 4.69) is 6.92 Å². The third-order valence-corrected chi connectivity index (χ3v) is 4.62. The molecule has 0 rings (SSSR count). The molecule has 0 aromatic heterocycles. The van der Waals surface area contributed by atoms with Crippen LogP contribution in [0.5, 0.6) is 0 Å². The third-order valence-electron chi connectivity index (χ3n) is 4.62. The van der Waals surface area contributed by atoms with Crippen LogP contribution in [0.1, 0.15) is 104 Å². The van der Waals surface area contributed by atoms with E-state index in [0.29, 0.717) is 6.42 Å². The molecule has 0 aromatic carbocycles. The number of nitrogens with two attached hydrogens (primary N) is 1. The van der Waals surface area contributed by atoms with Gasteiger partial charge in [0.15, 0.2) is 0 Å². The SMILES string of the molecule is CCCCCCCCCCCCCCC(C(N)=O)C(O)CC.O. The van der Waals surface area contributed by atoms with Gasteiger partial charge >= 0.3 is 0 Å². The van der Waals surface area contributed by atoms with E-state index in [9.17, 15) is 9.90 Å². The Kier molecular flexibility index (Phi) is 19.0. The van der Waals surface area contributed by atoms with Crippen LogP contribution >= 0.6 is 0 Å². The van der Waals surface area contributed by atoms with Crippen LogP contribution in [-0.4, -0.2) is 22.6 Å². The molecular weight excluding hydrogens is 290 g/mol. The average Bonchev–Trinajstić information content (AvgIpc) is 2.51. The third kappa shape index (κ3) is 14.7. The van der Waals surface area contributed by atoms with Crippen LogP contribution in [0.25, 0.3) is 0 Å². The first-order valence-electron chi connectivity index (χ1n) is 9.60. The second-order valence-corrected chi connectivity index (χ2v) is 6.66. The fourth-order valence-electron chi connectivity index (χ4n) is 3.01. The maximum atomic E-state index is 11.3. The molecule has 4 nitrogen and oxygen atoms in total. The van der Waals surface area contributed by atoms with Gasteiger partial charge in [0.1, 0.15) is 0 Å². The number of carbonyl (C=O) groups excluding carboxylic acids is 1. The largest absolute Gasteiger partial charge is 0.412 e. The number of primary amides is 1. The molecule has 0 saturated heterocycles. The van der Waals surface area contributed by atoms with E-state index in [1.54, 1.807) is 0 Å². The zero-order chi connectivity index (χ0) is 16.6. The van der Waals surface area contributed by atoms with E-state index >= 15 is 0 Å². The van der Waals surface area contributed by atoms with Crippen LogP contribution in [0.15, 0.2) is 0 Å². The minimum absolute atomic E-state index is 0. The molecule has 0 radical (unpaired) electrons. The van der Waals surface area contributed by atoms with Gasteiger partial charge in [0, 0.05) is 0 Å². The number of rotatable bonds is 16. The lowest BCUT2D eigenvalue weighted by Crippen LogP contribution is -2.33. The maximum Gasteiger partial charge on any atom is 0.223 e. The van der Waals surface area contributed by atoms with Crippen molar-refractivity contribution < 1.29 is 15.4 Å². The molecule has 0 aliphatic heterocycles. The van der Waals surface area contributed by atoms with E-state index in [1.165, 1.54) is 64.2 Å². The van der Waals surface area contributed by atoms with Crippen molar-refractivity contribution in [3.8, 4) is 0 Å². The highest BCUT2D eigenvalue weighted by atomic mass is 16.3. The van der Waals surface area contributed by atoms with Crippen molar-refractivity contribution in [1.29, 1.82) is 0 Å². The molecule has 1 amide bonds. The number of hydrogen-bond donors (Lipinski definition) is 2. The van der Waals surface area contributed by atoms with Crippen LogP contribution < -0.4 is 5.73 Å². The Labute approximate surface area is 143 Å². The van der Waals surface area contributed by atoms with E-state index in [-0.39, 0.29) is 17.3 Å². The van der Waals surface area contributed by atoms with Gasteiger partial charge in [-0.2, -0.15) is 0 Å². The minimum Gasteiger partial charge on any atom is -0.412 e. The van der Waals surface area contributed by atoms with Crippen molar-refractivity contribution in [2.75, 3.05) is 0 Å². The van der Waals surface area contributed by atoms with E-state index < -0.39 is 6.10 Å². The number of carbonyl (C=O) groups is 1. The van der Waals surface area contributed by atoms with E-state index in [1.807, 2.05) is 6.92 Å². The topological polar surface area (TPSA) is 94.8 Å². The Hall–Kier alpha value is -0.610. The summed E-state index contributed by atoms with van der Waals surface area (Å²) >= 11 is 0. The number of hydrogen-bond acceptors (Lipinski definition) is 2. The maximum absolute atomic E-state index is 11.3. The summed E-state index contributed by atoms with van der Waals surface area (Å²) in [4.78, 5) is 11.3. The standard InChI is InChI=1S/C19H39NO2.H2O/c1-3-5-6-7-8-9-10-11-12-13-14-15-16-17(19(20)22)18(21)4-2;/h17-18,21H,3-16H2,1-2H3,(H2,20,22);1H2. The molecule has 0 heterocycles. The number of unbranched alkanes of at least 4 members (excludes halogenated alkanes) is 11. The van der Waals surface area contributed by atoms with Crippen LogP contribution in [0.4, 0.5) is 0 Å². The summed E-state index contributed by atoms with van der Waals surface area (Å²) in [7, 11) is 0. The molecular formula is C19H41NO3. The smallest absolute Gasteiger partial charge is 0.223 e. The Bertz CT molecular complexity index is 259. The molecule has 0 fully saturated rings. The molecule has 0 bridgehead atoms. The molecule has 0 spiro atoms. The van der Waals surface area contributed by atoms with Crippen molar-refractivity contribution in [3.05, 3.63) is 0 Å². The van der Waals surface area contributed by atoms with Crippen molar-refractivity contribution in [3.63, 3.8) is 0 Å². The highest BCUT2D eigenvalue weighted by molar-refractivity contribution is 5.77. The molecule has 0 aliphatic rings. The van der Waals surface area contributed by atoms with E-state index in [0.717, 1.165) is 19.3 Å². The zero-order valence-corrected chi connectivity index (χ0v) is 15.5. The number of aliphatic hydroxyl groups is 1. The first-order chi connectivity index (χ1) is 10.6. The lowest BCUT2D eigenvalue weighted by atomic mass is 9.93. The Balaban J connectivity index is 0. The van der Waals surface area contributed by atoms with Crippen LogP contribution in [0, 0.1) is 5.92 Å². The van der Waals surface area contributed by atoms with Crippen LogP contribution in [-0.2, 0) is 4.79 Å². The number of aliphatic hydroxyl groups excluding tert-OH is 1. The summed E-state index contributed by atoms with van der Waals surface area (Å²) in [6, 6.07) is 0. The highest BCUT2D eigenvalue weighted by Crippen LogP contribution is 2.17. The molecule has 2 unspecified atom stereocenters. The van der Waals surface area contributed by atoms with Gasteiger partial charge in [-0.15, -0.1) is 0 Å². The second kappa shape index (κ2) is 17.7. The fourth-order valence-corrected chi connectivity index (χ4v) is 3.01. The lowest BCUT2D eigenvalue weighted by molar-refractivity contribution is -0.125. The van der Waals surface area contributed by atoms with Gasteiger partial charge in [0.2, 0.25) is 5.91 Å². The van der Waals surface area contributed by atoms with Gasteiger partial charge in [-0.05, 0) is 12.8 Å². The van der Waals surface area contributed by atoms with Crippen molar-refractivity contribution >= 4 is 5.91 Å². The Morgan fingerprint density at radius 3 is 1.57 bits per heavy atom. The zero-order valence-electron chi connectivity index (χ0n) is 15.5. The molecule has 0 saturated carbocycles. The van der Waals surface area contributed by atoms with E-state index in [4.69, 9.17) is 5.73 Å². The molecule has 140 valence electrons. The molecule has 0 aromatic rings. The molecule has 4 heteroatoms.